The summed E-state index contributed by atoms with van der Waals surface area (Å²) < 4.78 is 6.77. The zero-order chi connectivity index (χ0) is 12.0. The normalized spacial score (nSPS) is 9.88. The second kappa shape index (κ2) is 7.09. The number of halogens is 2. The number of nitrogens with one attached hydrogen (secondary N) is 1. The maximum Gasteiger partial charge on any atom is 0.261 e. The number of hydrogen-bond acceptors (Lipinski definition) is 3. The van der Waals surface area contributed by atoms with Crippen molar-refractivity contribution < 1.29 is 9.53 Å². The molecule has 1 aromatic heterocycles. The van der Waals surface area contributed by atoms with Crippen LogP contribution in [0.5, 0.6) is 0 Å². The van der Waals surface area contributed by atoms with Gasteiger partial charge in [-0.3, -0.25) is 4.79 Å². The predicted octanol–water partition coefficient (Wildman–Crippen LogP) is 3.55. The molecule has 0 aliphatic rings. The minimum Gasteiger partial charge on any atom is -0.502 e. The van der Waals surface area contributed by atoms with Crippen LogP contribution in [0.15, 0.2) is 27.2 Å². The van der Waals surface area contributed by atoms with Crippen LogP contribution in [0.4, 0.5) is 0 Å². The number of rotatable bonds is 6. The van der Waals surface area contributed by atoms with E-state index in [0.29, 0.717) is 18.0 Å². The fourth-order valence-electron chi connectivity index (χ4n) is 0.986. The molecule has 1 rings (SSSR count). The lowest BCUT2D eigenvalue weighted by Crippen LogP contribution is -2.24. The fraction of sp³-hybridized carbons (Fsp3) is 0.300. The highest BCUT2D eigenvalue weighted by molar-refractivity contribution is 9.13. The zero-order valence-electron chi connectivity index (χ0n) is 8.46. The molecular weight excluding hydrogens is 358 g/mol. The molecule has 0 aliphatic heterocycles. The van der Waals surface area contributed by atoms with Crippen LogP contribution in [0.2, 0.25) is 0 Å². The molecule has 1 amide bonds. The van der Waals surface area contributed by atoms with Crippen molar-refractivity contribution in [3.8, 4) is 0 Å². The lowest BCUT2D eigenvalue weighted by molar-refractivity contribution is 0.0954. The van der Waals surface area contributed by atoms with Crippen molar-refractivity contribution in [3.05, 3.63) is 32.0 Å². The van der Waals surface area contributed by atoms with Crippen molar-refractivity contribution in [2.45, 2.75) is 6.42 Å². The van der Waals surface area contributed by atoms with Crippen molar-refractivity contribution in [1.82, 2.24) is 5.32 Å². The first-order valence-corrected chi connectivity index (χ1v) is 7.01. The molecule has 0 unspecified atom stereocenters. The molecule has 88 valence electrons. The Labute approximate surface area is 115 Å². The third kappa shape index (κ3) is 4.27. The maximum atomic E-state index is 11.6. The second-order valence-electron chi connectivity index (χ2n) is 2.88. The van der Waals surface area contributed by atoms with Crippen LogP contribution in [-0.4, -0.2) is 19.1 Å². The van der Waals surface area contributed by atoms with Gasteiger partial charge in [-0.1, -0.05) is 6.58 Å². The highest BCUT2D eigenvalue weighted by atomic mass is 79.9. The highest BCUT2D eigenvalue weighted by Gasteiger charge is 2.10. The molecular formula is C10H11Br2NO2S. The summed E-state index contributed by atoms with van der Waals surface area (Å²) in [5, 5.41) is 2.81. The van der Waals surface area contributed by atoms with Crippen LogP contribution in [0, 0.1) is 0 Å². The Bertz CT molecular complexity index is 359. The first-order chi connectivity index (χ1) is 7.65. The van der Waals surface area contributed by atoms with Crippen LogP contribution in [0.25, 0.3) is 0 Å². The van der Waals surface area contributed by atoms with E-state index in [-0.39, 0.29) is 5.91 Å². The van der Waals surface area contributed by atoms with E-state index in [0.717, 1.165) is 14.7 Å². The van der Waals surface area contributed by atoms with Gasteiger partial charge in [-0.25, -0.2) is 0 Å². The molecule has 0 saturated heterocycles. The number of ether oxygens (including phenoxy) is 1. The van der Waals surface area contributed by atoms with Gasteiger partial charge in [0.05, 0.1) is 21.5 Å². The fourth-order valence-corrected chi connectivity index (χ4v) is 2.94. The summed E-state index contributed by atoms with van der Waals surface area (Å²) in [5.41, 5.74) is 0. The standard InChI is InChI=1S/C10H11Br2NO2S/c1-2-15-5-3-4-13-10(14)8-6-7(11)9(12)16-8/h2,6H,1,3-5H2,(H,13,14). The van der Waals surface area contributed by atoms with E-state index in [1.165, 1.54) is 17.6 Å². The van der Waals surface area contributed by atoms with Crippen molar-refractivity contribution in [1.29, 1.82) is 0 Å². The van der Waals surface area contributed by atoms with Gasteiger partial charge in [-0.15, -0.1) is 11.3 Å². The third-order valence-electron chi connectivity index (χ3n) is 1.71. The first kappa shape index (κ1) is 13.7. The third-order valence-corrected chi connectivity index (χ3v) is 4.97. The summed E-state index contributed by atoms with van der Waals surface area (Å²) in [7, 11) is 0. The number of hydrogen-bond donors (Lipinski definition) is 1. The lowest BCUT2D eigenvalue weighted by Gasteiger charge is -2.02. The maximum absolute atomic E-state index is 11.6. The van der Waals surface area contributed by atoms with E-state index in [4.69, 9.17) is 4.74 Å². The van der Waals surface area contributed by atoms with E-state index in [9.17, 15) is 4.79 Å². The molecule has 0 radical (unpaired) electrons. The molecule has 0 atom stereocenters. The van der Waals surface area contributed by atoms with Gasteiger partial charge < -0.3 is 10.1 Å². The minimum atomic E-state index is -0.0602. The molecule has 1 aromatic rings. The van der Waals surface area contributed by atoms with Gasteiger partial charge in [-0.05, 0) is 44.3 Å². The van der Waals surface area contributed by atoms with E-state index in [2.05, 4.69) is 43.8 Å². The van der Waals surface area contributed by atoms with E-state index < -0.39 is 0 Å². The van der Waals surface area contributed by atoms with Crippen LogP contribution in [0.1, 0.15) is 16.1 Å². The molecule has 1 N–H and O–H groups in total. The Morgan fingerprint density at radius 1 is 1.62 bits per heavy atom. The molecule has 6 heteroatoms. The number of amides is 1. The largest absolute Gasteiger partial charge is 0.502 e. The Hall–Kier alpha value is -0.330. The summed E-state index contributed by atoms with van der Waals surface area (Å²) in [6.07, 6.45) is 2.17. The monoisotopic (exact) mass is 367 g/mol. The molecule has 1 heterocycles. The van der Waals surface area contributed by atoms with E-state index >= 15 is 0 Å². The minimum absolute atomic E-state index is 0.0602. The van der Waals surface area contributed by atoms with Gasteiger partial charge >= 0.3 is 0 Å². The lowest BCUT2D eigenvalue weighted by atomic mass is 10.4. The number of carbonyl (C=O) groups is 1. The average Bonchev–Trinajstić information content (AvgIpc) is 2.59. The van der Waals surface area contributed by atoms with Crippen molar-refractivity contribution in [2.75, 3.05) is 13.2 Å². The molecule has 0 aromatic carbocycles. The molecule has 0 bridgehead atoms. The SMILES string of the molecule is C=COCCCNC(=O)c1cc(Br)c(Br)s1. The summed E-state index contributed by atoms with van der Waals surface area (Å²) in [6.45, 7) is 4.60. The summed E-state index contributed by atoms with van der Waals surface area (Å²) in [6, 6.07) is 1.80. The van der Waals surface area contributed by atoms with Gasteiger partial charge in [0.1, 0.15) is 0 Å². The van der Waals surface area contributed by atoms with E-state index in [1.54, 1.807) is 6.07 Å². The Morgan fingerprint density at radius 3 is 2.94 bits per heavy atom. The summed E-state index contributed by atoms with van der Waals surface area (Å²) >= 11 is 8.09. The van der Waals surface area contributed by atoms with Gasteiger partial charge in [0, 0.05) is 11.0 Å². The van der Waals surface area contributed by atoms with Gasteiger partial charge in [0.2, 0.25) is 0 Å². The van der Waals surface area contributed by atoms with Gasteiger partial charge in [0.25, 0.3) is 5.91 Å². The van der Waals surface area contributed by atoms with Crippen molar-refractivity contribution in [2.24, 2.45) is 0 Å². The van der Waals surface area contributed by atoms with Gasteiger partial charge in [0.15, 0.2) is 0 Å². The second-order valence-corrected chi connectivity index (χ2v) is 6.10. The summed E-state index contributed by atoms with van der Waals surface area (Å²) in [5.74, 6) is -0.0602. The van der Waals surface area contributed by atoms with Crippen molar-refractivity contribution in [3.63, 3.8) is 0 Å². The highest BCUT2D eigenvalue weighted by Crippen LogP contribution is 2.32. The van der Waals surface area contributed by atoms with Crippen LogP contribution >= 0.6 is 43.2 Å². The predicted molar refractivity (Wildman–Crippen MR) is 72.8 cm³/mol. The summed E-state index contributed by atoms with van der Waals surface area (Å²) in [4.78, 5) is 12.3. The Balaban J connectivity index is 2.32. The number of carbonyl (C=O) groups excluding carboxylic acids is 1. The quantitative estimate of drug-likeness (QED) is 0.615. The van der Waals surface area contributed by atoms with Crippen molar-refractivity contribution >= 4 is 49.1 Å². The topological polar surface area (TPSA) is 38.3 Å². The first-order valence-electron chi connectivity index (χ1n) is 4.60. The van der Waals surface area contributed by atoms with Crippen LogP contribution < -0.4 is 5.32 Å². The van der Waals surface area contributed by atoms with Crippen LogP contribution in [-0.2, 0) is 4.74 Å². The molecule has 0 aliphatic carbocycles. The molecule has 0 spiro atoms. The Morgan fingerprint density at radius 2 is 2.38 bits per heavy atom. The average molecular weight is 369 g/mol. The molecule has 3 nitrogen and oxygen atoms in total. The van der Waals surface area contributed by atoms with Gasteiger partial charge in [-0.2, -0.15) is 0 Å². The number of thiophene rings is 1. The molecule has 0 fully saturated rings. The molecule has 0 saturated carbocycles. The smallest absolute Gasteiger partial charge is 0.261 e. The van der Waals surface area contributed by atoms with E-state index in [1.807, 2.05) is 0 Å². The Kier molecular flexibility index (Phi) is 6.08. The zero-order valence-corrected chi connectivity index (χ0v) is 12.5. The van der Waals surface area contributed by atoms with Crippen LogP contribution in [0.3, 0.4) is 0 Å². The molecule has 16 heavy (non-hydrogen) atoms.